The van der Waals surface area contributed by atoms with E-state index in [4.69, 9.17) is 0 Å². The molecule has 0 fully saturated rings. The Morgan fingerprint density at radius 1 is 1.00 bits per heavy atom. The van der Waals surface area contributed by atoms with Crippen molar-refractivity contribution in [2.75, 3.05) is 14.2 Å². The third-order valence-corrected chi connectivity index (χ3v) is 3.78. The summed E-state index contributed by atoms with van der Waals surface area (Å²) in [6.45, 7) is 0. The van der Waals surface area contributed by atoms with Crippen LogP contribution in [0.5, 0.6) is 0 Å². The second kappa shape index (κ2) is 4.80. The van der Waals surface area contributed by atoms with Crippen LogP contribution in [-0.2, 0) is 9.47 Å². The van der Waals surface area contributed by atoms with Crippen LogP contribution >= 0.6 is 31.9 Å². The van der Waals surface area contributed by atoms with Crippen LogP contribution in [0.4, 0.5) is 0 Å². The lowest BCUT2D eigenvalue weighted by molar-refractivity contribution is 0.0589. The van der Waals surface area contributed by atoms with Crippen LogP contribution in [-0.4, -0.2) is 31.1 Å². The van der Waals surface area contributed by atoms with Gasteiger partial charge in [0, 0.05) is 0 Å². The predicted octanol–water partition coefficient (Wildman–Crippen LogP) is 2.11. The third-order valence-electron chi connectivity index (χ3n) is 1.66. The molecule has 0 unspecified atom stereocenters. The van der Waals surface area contributed by atoms with Gasteiger partial charge < -0.3 is 14.5 Å². The molecule has 0 aliphatic heterocycles. The van der Waals surface area contributed by atoms with Crippen molar-refractivity contribution in [2.45, 2.75) is 0 Å². The van der Waals surface area contributed by atoms with Crippen molar-refractivity contribution in [3.63, 3.8) is 0 Å². The fourth-order valence-electron chi connectivity index (χ4n) is 0.940. The molecular weight excluding hydrogens is 334 g/mol. The SMILES string of the molecule is COC(=O)c1[nH]c(C(=O)OC)c(Br)c1Br. The van der Waals surface area contributed by atoms with Crippen molar-refractivity contribution < 1.29 is 19.1 Å². The molecule has 7 heteroatoms. The number of esters is 2. The maximum atomic E-state index is 11.3. The van der Waals surface area contributed by atoms with E-state index in [-0.39, 0.29) is 11.4 Å². The predicted molar refractivity (Wildman–Crippen MR) is 58.9 cm³/mol. The number of nitrogens with one attached hydrogen (secondary N) is 1. The molecule has 1 heterocycles. The lowest BCUT2D eigenvalue weighted by atomic mass is 10.4. The number of methoxy groups -OCH3 is 2. The van der Waals surface area contributed by atoms with Crippen LogP contribution in [0.1, 0.15) is 21.0 Å². The summed E-state index contributed by atoms with van der Waals surface area (Å²) in [4.78, 5) is 25.1. The summed E-state index contributed by atoms with van der Waals surface area (Å²) in [5, 5.41) is 0. The maximum Gasteiger partial charge on any atom is 0.355 e. The molecule has 82 valence electrons. The first kappa shape index (κ1) is 12.3. The molecule has 1 N–H and O–H groups in total. The summed E-state index contributed by atoms with van der Waals surface area (Å²) < 4.78 is 9.90. The van der Waals surface area contributed by atoms with Gasteiger partial charge in [-0.1, -0.05) is 0 Å². The van der Waals surface area contributed by atoms with Gasteiger partial charge in [0.2, 0.25) is 0 Å². The molecule has 0 aromatic carbocycles. The highest BCUT2D eigenvalue weighted by Gasteiger charge is 2.23. The Labute approximate surface area is 102 Å². The van der Waals surface area contributed by atoms with Gasteiger partial charge in [0.15, 0.2) is 0 Å². The number of rotatable bonds is 2. The number of halogens is 2. The molecule has 0 aliphatic rings. The molecule has 15 heavy (non-hydrogen) atoms. The Bertz CT molecular complexity index is 377. The second-order valence-corrected chi connectivity index (χ2v) is 4.07. The van der Waals surface area contributed by atoms with Crippen molar-refractivity contribution in [1.82, 2.24) is 4.98 Å². The molecule has 0 spiro atoms. The van der Waals surface area contributed by atoms with E-state index in [0.29, 0.717) is 8.95 Å². The molecule has 1 aromatic rings. The van der Waals surface area contributed by atoms with E-state index < -0.39 is 11.9 Å². The largest absolute Gasteiger partial charge is 0.464 e. The van der Waals surface area contributed by atoms with Crippen LogP contribution in [0.3, 0.4) is 0 Å². The number of aromatic amines is 1. The Kier molecular flexibility index (Phi) is 3.92. The highest BCUT2D eigenvalue weighted by Crippen LogP contribution is 2.31. The first-order valence-electron chi connectivity index (χ1n) is 3.76. The Morgan fingerprint density at radius 2 is 1.33 bits per heavy atom. The van der Waals surface area contributed by atoms with Crippen molar-refractivity contribution in [3.05, 3.63) is 20.3 Å². The first-order chi connectivity index (χ1) is 7.02. The normalized spacial score (nSPS) is 9.87. The van der Waals surface area contributed by atoms with Crippen LogP contribution in [0.2, 0.25) is 0 Å². The monoisotopic (exact) mass is 339 g/mol. The van der Waals surface area contributed by atoms with Crippen molar-refractivity contribution in [1.29, 1.82) is 0 Å². The van der Waals surface area contributed by atoms with Crippen LogP contribution in [0, 0.1) is 0 Å². The zero-order valence-electron chi connectivity index (χ0n) is 7.89. The van der Waals surface area contributed by atoms with Gasteiger partial charge in [0.1, 0.15) is 11.4 Å². The third kappa shape index (κ3) is 2.23. The number of hydrogen-bond acceptors (Lipinski definition) is 4. The zero-order valence-corrected chi connectivity index (χ0v) is 11.1. The minimum atomic E-state index is -0.572. The fraction of sp³-hybridized carbons (Fsp3) is 0.250. The number of carbonyl (C=O) groups is 2. The summed E-state index contributed by atoms with van der Waals surface area (Å²) in [7, 11) is 2.50. The molecular formula is C8H7Br2NO4. The van der Waals surface area contributed by atoms with Crippen molar-refractivity contribution in [2.24, 2.45) is 0 Å². The average Bonchev–Trinajstić information content (AvgIpc) is 2.54. The quantitative estimate of drug-likeness (QED) is 0.837. The van der Waals surface area contributed by atoms with Gasteiger partial charge in [-0.2, -0.15) is 0 Å². The summed E-state index contributed by atoms with van der Waals surface area (Å²) >= 11 is 6.31. The Hall–Kier alpha value is -0.820. The molecule has 0 bridgehead atoms. The second-order valence-electron chi connectivity index (χ2n) is 2.49. The lowest BCUT2D eigenvalue weighted by Gasteiger charge is -1.95. The fourth-order valence-corrected chi connectivity index (χ4v) is 1.86. The Balaban J connectivity index is 3.24. The van der Waals surface area contributed by atoms with Gasteiger partial charge in [-0.3, -0.25) is 0 Å². The number of H-pyrrole nitrogens is 1. The van der Waals surface area contributed by atoms with Gasteiger partial charge in [-0.15, -0.1) is 0 Å². The molecule has 0 radical (unpaired) electrons. The van der Waals surface area contributed by atoms with Crippen LogP contribution in [0.15, 0.2) is 8.95 Å². The van der Waals surface area contributed by atoms with Gasteiger partial charge in [-0.05, 0) is 31.9 Å². The van der Waals surface area contributed by atoms with Gasteiger partial charge in [0.05, 0.1) is 23.2 Å². The molecule has 0 saturated carbocycles. The molecule has 5 nitrogen and oxygen atoms in total. The van der Waals surface area contributed by atoms with Crippen LogP contribution in [0.25, 0.3) is 0 Å². The van der Waals surface area contributed by atoms with E-state index in [2.05, 4.69) is 46.3 Å². The molecule has 0 amide bonds. The minimum absolute atomic E-state index is 0.157. The smallest absolute Gasteiger partial charge is 0.355 e. The molecule has 1 rings (SSSR count). The first-order valence-corrected chi connectivity index (χ1v) is 5.35. The molecule has 0 atom stereocenters. The zero-order chi connectivity index (χ0) is 11.6. The maximum absolute atomic E-state index is 11.3. The van der Waals surface area contributed by atoms with E-state index in [1.165, 1.54) is 14.2 Å². The van der Waals surface area contributed by atoms with Crippen LogP contribution < -0.4 is 0 Å². The Morgan fingerprint density at radius 3 is 1.60 bits per heavy atom. The number of ether oxygens (including phenoxy) is 2. The van der Waals surface area contributed by atoms with Crippen molar-refractivity contribution in [3.8, 4) is 0 Å². The average molecular weight is 341 g/mol. The van der Waals surface area contributed by atoms with E-state index in [0.717, 1.165) is 0 Å². The summed E-state index contributed by atoms with van der Waals surface area (Å²) in [6.07, 6.45) is 0. The molecule has 1 aromatic heterocycles. The van der Waals surface area contributed by atoms with Gasteiger partial charge >= 0.3 is 11.9 Å². The van der Waals surface area contributed by atoms with Gasteiger partial charge in [0.25, 0.3) is 0 Å². The highest BCUT2D eigenvalue weighted by atomic mass is 79.9. The number of hydrogen-bond donors (Lipinski definition) is 1. The number of aromatic nitrogens is 1. The van der Waals surface area contributed by atoms with E-state index >= 15 is 0 Å². The van der Waals surface area contributed by atoms with Crippen molar-refractivity contribution >= 4 is 43.8 Å². The topological polar surface area (TPSA) is 68.4 Å². The molecule has 0 saturated heterocycles. The lowest BCUT2D eigenvalue weighted by Crippen LogP contribution is -2.05. The van der Waals surface area contributed by atoms with E-state index in [1.807, 2.05) is 0 Å². The highest BCUT2D eigenvalue weighted by molar-refractivity contribution is 9.13. The molecule has 0 aliphatic carbocycles. The standard InChI is InChI=1S/C8H7Br2NO4/c1-14-7(12)5-3(9)4(10)6(11-5)8(13)15-2/h11H,1-2H3. The summed E-state index contributed by atoms with van der Waals surface area (Å²) in [5.74, 6) is -1.14. The summed E-state index contributed by atoms with van der Waals surface area (Å²) in [5.41, 5.74) is 0.314. The number of carbonyl (C=O) groups excluding carboxylic acids is 2. The van der Waals surface area contributed by atoms with E-state index in [9.17, 15) is 9.59 Å². The van der Waals surface area contributed by atoms with E-state index in [1.54, 1.807) is 0 Å². The minimum Gasteiger partial charge on any atom is -0.464 e. The summed E-state index contributed by atoms with van der Waals surface area (Å²) in [6, 6.07) is 0. The van der Waals surface area contributed by atoms with Gasteiger partial charge in [-0.25, -0.2) is 9.59 Å².